The fourth-order valence-corrected chi connectivity index (χ4v) is 3.20. The zero-order valence-electron chi connectivity index (χ0n) is 14.9. The molecule has 25 heavy (non-hydrogen) atoms. The van der Waals surface area contributed by atoms with Gasteiger partial charge in [0, 0.05) is 44.3 Å². The highest BCUT2D eigenvalue weighted by Gasteiger charge is 2.32. The minimum Gasteiger partial charge on any atom is -0.383 e. The van der Waals surface area contributed by atoms with E-state index < -0.39 is 0 Å². The van der Waals surface area contributed by atoms with E-state index in [4.69, 9.17) is 9.47 Å². The number of rotatable bonds is 6. The van der Waals surface area contributed by atoms with Gasteiger partial charge >= 0.3 is 0 Å². The molecule has 1 saturated heterocycles. The Morgan fingerprint density at radius 3 is 2.84 bits per heavy atom. The lowest BCUT2D eigenvalue weighted by atomic mass is 10.2. The largest absolute Gasteiger partial charge is 0.383 e. The molecule has 1 aliphatic rings. The van der Waals surface area contributed by atoms with Crippen molar-refractivity contribution < 1.29 is 9.47 Å². The van der Waals surface area contributed by atoms with E-state index in [1.165, 1.54) is 6.07 Å². The van der Waals surface area contributed by atoms with Gasteiger partial charge in [0.05, 0.1) is 18.8 Å². The Balaban J connectivity index is 1.84. The van der Waals surface area contributed by atoms with Crippen LogP contribution in [0.2, 0.25) is 0 Å². The number of pyridine rings is 1. The Morgan fingerprint density at radius 2 is 2.20 bits per heavy atom. The van der Waals surface area contributed by atoms with Gasteiger partial charge in [0.2, 0.25) is 0 Å². The van der Waals surface area contributed by atoms with Crippen LogP contribution < -0.4 is 10.5 Å². The Labute approximate surface area is 147 Å². The molecule has 2 aromatic rings. The molecular formula is C18H24N4O3. The number of aryl methyl sites for hydroxylation is 1. The summed E-state index contributed by atoms with van der Waals surface area (Å²) < 4.78 is 10.8. The van der Waals surface area contributed by atoms with Crippen molar-refractivity contribution in [3.8, 4) is 11.4 Å². The molecule has 0 aliphatic carbocycles. The molecule has 7 heteroatoms. The molecule has 3 rings (SSSR count). The lowest BCUT2D eigenvalue weighted by molar-refractivity contribution is 0.111. The number of methoxy groups -OCH3 is 2. The Hall–Kier alpha value is -2.25. The summed E-state index contributed by atoms with van der Waals surface area (Å²) in [6.45, 7) is 3.40. The second-order valence-corrected chi connectivity index (χ2v) is 6.20. The highest BCUT2D eigenvalue weighted by atomic mass is 16.5. The molecule has 134 valence electrons. The van der Waals surface area contributed by atoms with Gasteiger partial charge in [-0.15, -0.1) is 0 Å². The minimum atomic E-state index is -0.145. The van der Waals surface area contributed by atoms with Gasteiger partial charge in [-0.3, -0.25) is 4.79 Å². The SMILES string of the molecule is CCc1cc(=O)[nH]c(-c2ccc(N3C[C@H](OC)C[C@H]3COC)nc2)n1. The van der Waals surface area contributed by atoms with E-state index in [0.717, 1.165) is 30.0 Å². The molecule has 1 fully saturated rings. The third-order valence-electron chi connectivity index (χ3n) is 4.54. The molecular weight excluding hydrogens is 320 g/mol. The summed E-state index contributed by atoms with van der Waals surface area (Å²) in [6, 6.07) is 5.66. The van der Waals surface area contributed by atoms with Gasteiger partial charge in [-0.2, -0.15) is 0 Å². The van der Waals surface area contributed by atoms with Gasteiger partial charge in [0.1, 0.15) is 11.6 Å². The van der Waals surface area contributed by atoms with Crippen molar-refractivity contribution in [3.63, 3.8) is 0 Å². The normalized spacial score (nSPS) is 20.2. The number of nitrogens with one attached hydrogen (secondary N) is 1. The van der Waals surface area contributed by atoms with Crippen LogP contribution in [0.5, 0.6) is 0 Å². The van der Waals surface area contributed by atoms with E-state index in [9.17, 15) is 4.79 Å². The summed E-state index contributed by atoms with van der Waals surface area (Å²) in [5.41, 5.74) is 1.42. The number of aromatic nitrogens is 3. The van der Waals surface area contributed by atoms with E-state index in [0.29, 0.717) is 18.9 Å². The third kappa shape index (κ3) is 3.88. The van der Waals surface area contributed by atoms with E-state index in [-0.39, 0.29) is 17.7 Å². The molecule has 2 atom stereocenters. The van der Waals surface area contributed by atoms with Gasteiger partial charge in [0.25, 0.3) is 5.56 Å². The predicted octanol–water partition coefficient (Wildman–Crippen LogP) is 1.63. The van der Waals surface area contributed by atoms with Crippen LogP contribution in [-0.2, 0) is 15.9 Å². The third-order valence-corrected chi connectivity index (χ3v) is 4.54. The lowest BCUT2D eigenvalue weighted by Crippen LogP contribution is -2.33. The molecule has 0 amide bonds. The molecule has 1 N–H and O–H groups in total. The average Bonchev–Trinajstić information content (AvgIpc) is 3.04. The maximum Gasteiger partial charge on any atom is 0.251 e. The first-order chi connectivity index (χ1) is 12.1. The maximum absolute atomic E-state index is 11.8. The molecule has 0 unspecified atom stereocenters. The first-order valence-electron chi connectivity index (χ1n) is 8.49. The molecule has 1 aliphatic heterocycles. The van der Waals surface area contributed by atoms with Gasteiger partial charge in [-0.05, 0) is 25.0 Å². The Morgan fingerprint density at radius 1 is 1.36 bits per heavy atom. The molecule has 3 heterocycles. The van der Waals surface area contributed by atoms with Gasteiger partial charge < -0.3 is 19.4 Å². The second-order valence-electron chi connectivity index (χ2n) is 6.20. The van der Waals surface area contributed by atoms with Gasteiger partial charge in [-0.25, -0.2) is 9.97 Å². The van der Waals surface area contributed by atoms with Crippen molar-refractivity contribution in [2.75, 3.05) is 32.3 Å². The zero-order chi connectivity index (χ0) is 17.8. The Kier molecular flexibility index (Phi) is 5.45. The monoisotopic (exact) mass is 344 g/mol. The summed E-state index contributed by atoms with van der Waals surface area (Å²) in [4.78, 5) is 25.8. The predicted molar refractivity (Wildman–Crippen MR) is 95.9 cm³/mol. The molecule has 2 aromatic heterocycles. The standard InChI is InChI=1S/C18H24N4O3/c1-4-13-7-17(23)21-18(20-13)12-5-6-16(19-9-12)22-10-15(25-3)8-14(22)11-24-2/h5-7,9,14-15H,4,8,10-11H2,1-3H3,(H,20,21,23)/t14-,15+/m0/s1. The summed E-state index contributed by atoms with van der Waals surface area (Å²) >= 11 is 0. The lowest BCUT2D eigenvalue weighted by Gasteiger charge is -2.24. The quantitative estimate of drug-likeness (QED) is 0.858. The molecule has 0 radical (unpaired) electrons. The average molecular weight is 344 g/mol. The van der Waals surface area contributed by atoms with Crippen LogP contribution in [-0.4, -0.2) is 54.5 Å². The number of ether oxygens (including phenoxy) is 2. The summed E-state index contributed by atoms with van der Waals surface area (Å²) in [5, 5.41) is 0. The number of H-pyrrole nitrogens is 1. The first-order valence-corrected chi connectivity index (χ1v) is 8.49. The highest BCUT2D eigenvalue weighted by Crippen LogP contribution is 2.27. The van der Waals surface area contributed by atoms with E-state index in [2.05, 4.69) is 19.9 Å². The number of aromatic amines is 1. The fraction of sp³-hybridized carbons (Fsp3) is 0.500. The maximum atomic E-state index is 11.8. The van der Waals surface area contributed by atoms with Gasteiger partial charge in [0.15, 0.2) is 0 Å². The van der Waals surface area contributed by atoms with Crippen LogP contribution in [0.3, 0.4) is 0 Å². The molecule has 0 bridgehead atoms. The number of hydrogen-bond acceptors (Lipinski definition) is 6. The Bertz CT molecular complexity index is 760. The van der Waals surface area contributed by atoms with Crippen LogP contribution in [0, 0.1) is 0 Å². The molecule has 7 nitrogen and oxygen atoms in total. The van der Waals surface area contributed by atoms with Crippen LogP contribution in [0.15, 0.2) is 29.2 Å². The molecule has 0 saturated carbocycles. The highest BCUT2D eigenvalue weighted by molar-refractivity contribution is 5.57. The molecule has 0 aromatic carbocycles. The molecule has 0 spiro atoms. The van der Waals surface area contributed by atoms with Crippen molar-refractivity contribution >= 4 is 5.82 Å². The summed E-state index contributed by atoms with van der Waals surface area (Å²) in [6.07, 6.45) is 3.56. The summed E-state index contributed by atoms with van der Waals surface area (Å²) in [5.74, 6) is 1.42. The van der Waals surface area contributed by atoms with Crippen molar-refractivity contribution in [2.45, 2.75) is 31.9 Å². The second kappa shape index (κ2) is 7.76. The topological polar surface area (TPSA) is 80.3 Å². The van der Waals surface area contributed by atoms with E-state index in [1.54, 1.807) is 20.4 Å². The van der Waals surface area contributed by atoms with Crippen molar-refractivity contribution in [1.82, 2.24) is 15.0 Å². The van der Waals surface area contributed by atoms with Crippen LogP contribution in [0.25, 0.3) is 11.4 Å². The first kappa shape index (κ1) is 17.6. The van der Waals surface area contributed by atoms with Crippen molar-refractivity contribution in [2.24, 2.45) is 0 Å². The smallest absolute Gasteiger partial charge is 0.251 e. The van der Waals surface area contributed by atoms with Crippen molar-refractivity contribution in [1.29, 1.82) is 0 Å². The fourth-order valence-electron chi connectivity index (χ4n) is 3.20. The number of nitrogens with zero attached hydrogens (tertiary/aromatic N) is 3. The van der Waals surface area contributed by atoms with Crippen LogP contribution >= 0.6 is 0 Å². The van der Waals surface area contributed by atoms with E-state index in [1.807, 2.05) is 19.1 Å². The van der Waals surface area contributed by atoms with Crippen LogP contribution in [0.4, 0.5) is 5.82 Å². The van der Waals surface area contributed by atoms with Crippen LogP contribution in [0.1, 0.15) is 19.0 Å². The number of hydrogen-bond donors (Lipinski definition) is 1. The zero-order valence-corrected chi connectivity index (χ0v) is 14.9. The van der Waals surface area contributed by atoms with E-state index >= 15 is 0 Å². The number of anilines is 1. The summed E-state index contributed by atoms with van der Waals surface area (Å²) in [7, 11) is 3.44. The minimum absolute atomic E-state index is 0.145. The van der Waals surface area contributed by atoms with Gasteiger partial charge in [-0.1, -0.05) is 6.92 Å². The van der Waals surface area contributed by atoms with Crippen molar-refractivity contribution in [3.05, 3.63) is 40.4 Å².